The SMILES string of the molecule is Cc1c(F)c(F)c(-c2c(F)c(F)c(C)c(F)c2F)c(F)c1F.Cc1ccc(-c2ccc(C)cc2)cc1.Cc1ccc(Cc2ccc(C)cc2)cc1. The zero-order valence-electron chi connectivity index (χ0n) is 29.0. The van der Waals surface area contributed by atoms with Gasteiger partial charge < -0.3 is 0 Å². The van der Waals surface area contributed by atoms with Gasteiger partial charge in [0, 0.05) is 11.1 Å². The number of benzene rings is 6. The molecule has 0 unspecified atom stereocenters. The standard InChI is InChI=1S/C15H16.C14H6F8.C14H14/c1-12-3-7-14(8-4-12)11-15-9-5-13(2)6-10-15;1-3-7(15)11(19)5(12(20)8(3)16)6-13(21)9(17)4(2)10(18)14(6)22;1-11-3-7-13(8-4-11)14-9-5-12(2)6-10-14/h3-10H,11H2,1-2H3;1-2H3;3-10H,1-2H3. The minimum Gasteiger partial charge on any atom is -0.203 e. The van der Waals surface area contributed by atoms with E-state index in [9.17, 15) is 35.1 Å². The van der Waals surface area contributed by atoms with Crippen molar-refractivity contribution in [2.75, 3.05) is 0 Å². The predicted molar refractivity (Wildman–Crippen MR) is 188 cm³/mol. The van der Waals surface area contributed by atoms with Gasteiger partial charge in [-0.1, -0.05) is 119 Å². The van der Waals surface area contributed by atoms with Crippen molar-refractivity contribution in [2.24, 2.45) is 0 Å². The van der Waals surface area contributed by atoms with Gasteiger partial charge in [-0.25, -0.2) is 35.1 Å². The molecule has 0 saturated carbocycles. The van der Waals surface area contributed by atoms with Crippen LogP contribution in [0.1, 0.15) is 44.5 Å². The van der Waals surface area contributed by atoms with Gasteiger partial charge >= 0.3 is 0 Å². The van der Waals surface area contributed by atoms with Crippen LogP contribution in [-0.2, 0) is 6.42 Å². The molecule has 0 radical (unpaired) electrons. The lowest BCUT2D eigenvalue weighted by Crippen LogP contribution is -2.09. The molecule has 0 saturated heterocycles. The zero-order valence-corrected chi connectivity index (χ0v) is 29.0. The molecule has 0 aromatic heterocycles. The van der Waals surface area contributed by atoms with E-state index in [4.69, 9.17) is 0 Å². The van der Waals surface area contributed by atoms with Gasteiger partial charge in [0.2, 0.25) is 0 Å². The van der Waals surface area contributed by atoms with E-state index < -0.39 is 68.8 Å². The van der Waals surface area contributed by atoms with E-state index in [0.717, 1.165) is 6.42 Å². The maximum Gasteiger partial charge on any atom is 0.170 e. The predicted octanol–water partition coefficient (Wildman–Crippen LogP) is 12.9. The Labute approximate surface area is 293 Å². The second-order valence-corrected chi connectivity index (χ2v) is 12.4. The fourth-order valence-corrected chi connectivity index (χ4v) is 5.06. The summed E-state index contributed by atoms with van der Waals surface area (Å²) >= 11 is 0. The quantitative estimate of drug-likeness (QED) is 0.127. The van der Waals surface area contributed by atoms with Crippen molar-refractivity contribution in [3.8, 4) is 22.3 Å². The fourth-order valence-electron chi connectivity index (χ4n) is 5.06. The molecule has 0 aliphatic rings. The van der Waals surface area contributed by atoms with Crippen LogP contribution in [0.4, 0.5) is 35.1 Å². The van der Waals surface area contributed by atoms with Crippen molar-refractivity contribution in [3.63, 3.8) is 0 Å². The minimum absolute atomic E-state index is 0.684. The van der Waals surface area contributed by atoms with Gasteiger partial charge in [0.15, 0.2) is 46.5 Å². The molecule has 8 heteroatoms. The topological polar surface area (TPSA) is 0 Å². The Bertz CT molecular complexity index is 1900. The van der Waals surface area contributed by atoms with E-state index in [1.165, 1.54) is 44.5 Å². The molecule has 6 aromatic rings. The molecule has 0 N–H and O–H groups in total. The Morgan fingerprint density at radius 2 is 0.510 bits per heavy atom. The maximum atomic E-state index is 13.8. The lowest BCUT2D eigenvalue weighted by molar-refractivity contribution is 0.433. The molecule has 264 valence electrons. The van der Waals surface area contributed by atoms with Gasteiger partial charge in [0.05, 0.1) is 11.1 Å². The number of hydrogen-bond acceptors (Lipinski definition) is 0. The molecular weight excluding hydrogens is 668 g/mol. The highest BCUT2D eigenvalue weighted by Gasteiger charge is 2.32. The van der Waals surface area contributed by atoms with Gasteiger partial charge in [-0.05, 0) is 70.2 Å². The zero-order chi connectivity index (χ0) is 37.6. The summed E-state index contributed by atoms with van der Waals surface area (Å²) in [6.07, 6.45) is 1.03. The highest BCUT2D eigenvalue weighted by atomic mass is 19.2. The molecule has 6 aromatic carbocycles. The largest absolute Gasteiger partial charge is 0.203 e. The molecule has 0 bridgehead atoms. The fraction of sp³-hybridized carbons (Fsp3) is 0.163. The van der Waals surface area contributed by atoms with Crippen LogP contribution in [0.15, 0.2) is 97.1 Å². The smallest absolute Gasteiger partial charge is 0.170 e. The molecule has 0 aliphatic heterocycles. The molecule has 0 atom stereocenters. The highest BCUT2D eigenvalue weighted by molar-refractivity contribution is 5.68. The third kappa shape index (κ3) is 9.11. The van der Waals surface area contributed by atoms with Crippen molar-refractivity contribution in [1.29, 1.82) is 0 Å². The van der Waals surface area contributed by atoms with Crippen LogP contribution in [0.2, 0.25) is 0 Å². The van der Waals surface area contributed by atoms with Crippen LogP contribution in [0.3, 0.4) is 0 Å². The van der Waals surface area contributed by atoms with Gasteiger partial charge in [-0.2, -0.15) is 0 Å². The third-order valence-electron chi connectivity index (χ3n) is 8.30. The van der Waals surface area contributed by atoms with Crippen LogP contribution in [0.5, 0.6) is 0 Å². The van der Waals surface area contributed by atoms with Crippen LogP contribution >= 0.6 is 0 Å². The van der Waals surface area contributed by atoms with E-state index in [1.807, 2.05) is 0 Å². The number of hydrogen-bond donors (Lipinski definition) is 0. The second-order valence-electron chi connectivity index (χ2n) is 12.4. The van der Waals surface area contributed by atoms with Gasteiger partial charge in [0.25, 0.3) is 0 Å². The monoisotopic (exact) mass is 704 g/mol. The van der Waals surface area contributed by atoms with Crippen molar-refractivity contribution in [3.05, 3.63) is 188 Å². The van der Waals surface area contributed by atoms with E-state index in [0.29, 0.717) is 13.8 Å². The Hall–Kier alpha value is -5.24. The first-order valence-corrected chi connectivity index (χ1v) is 16.0. The first-order chi connectivity index (χ1) is 24.1. The van der Waals surface area contributed by atoms with Crippen LogP contribution < -0.4 is 0 Å². The molecule has 0 spiro atoms. The Kier molecular flexibility index (Phi) is 12.6. The van der Waals surface area contributed by atoms with Crippen LogP contribution in [0, 0.1) is 88.1 Å². The summed E-state index contributed by atoms with van der Waals surface area (Å²) in [6.45, 7) is 9.83. The normalized spacial score (nSPS) is 10.6. The third-order valence-corrected chi connectivity index (χ3v) is 8.30. The van der Waals surface area contributed by atoms with Crippen molar-refractivity contribution >= 4 is 0 Å². The summed E-state index contributed by atoms with van der Waals surface area (Å²) in [4.78, 5) is 0. The number of aryl methyl sites for hydroxylation is 4. The molecule has 0 heterocycles. The number of halogens is 8. The lowest BCUT2D eigenvalue weighted by atomic mass is 9.98. The van der Waals surface area contributed by atoms with Crippen molar-refractivity contribution in [1.82, 2.24) is 0 Å². The van der Waals surface area contributed by atoms with Crippen LogP contribution in [0.25, 0.3) is 22.3 Å². The average Bonchev–Trinajstić information content (AvgIpc) is 3.13. The van der Waals surface area contributed by atoms with Crippen LogP contribution in [-0.4, -0.2) is 0 Å². The summed E-state index contributed by atoms with van der Waals surface area (Å²) in [5.74, 6) is -16.3. The van der Waals surface area contributed by atoms with E-state index >= 15 is 0 Å². The Balaban J connectivity index is 0.000000177. The highest BCUT2D eigenvalue weighted by Crippen LogP contribution is 2.37. The average molecular weight is 705 g/mol. The van der Waals surface area contributed by atoms with Gasteiger partial charge in [-0.15, -0.1) is 0 Å². The maximum absolute atomic E-state index is 13.8. The van der Waals surface area contributed by atoms with Gasteiger partial charge in [0.1, 0.15) is 0 Å². The first-order valence-electron chi connectivity index (χ1n) is 16.0. The summed E-state index contributed by atoms with van der Waals surface area (Å²) < 4.78 is 109. The minimum atomic E-state index is -2.16. The van der Waals surface area contributed by atoms with E-state index in [1.54, 1.807) is 0 Å². The number of rotatable bonds is 4. The molecule has 51 heavy (non-hydrogen) atoms. The Morgan fingerprint density at radius 3 is 0.745 bits per heavy atom. The molecular formula is C43H36F8. The van der Waals surface area contributed by atoms with Crippen molar-refractivity contribution < 1.29 is 35.1 Å². The summed E-state index contributed by atoms with van der Waals surface area (Å²) in [6, 6.07) is 34.8. The molecule has 0 fully saturated rings. The summed E-state index contributed by atoms with van der Waals surface area (Å²) in [5.41, 5.74) is 4.73. The van der Waals surface area contributed by atoms with E-state index in [2.05, 4.69) is 125 Å². The molecule has 0 aliphatic carbocycles. The first kappa shape index (κ1) is 38.6. The summed E-state index contributed by atoms with van der Waals surface area (Å²) in [5, 5.41) is 0. The van der Waals surface area contributed by atoms with Gasteiger partial charge in [-0.3, -0.25) is 0 Å². The van der Waals surface area contributed by atoms with E-state index in [-0.39, 0.29) is 0 Å². The molecule has 0 amide bonds. The molecule has 6 rings (SSSR count). The van der Waals surface area contributed by atoms with Crippen molar-refractivity contribution in [2.45, 2.75) is 48.0 Å². The summed E-state index contributed by atoms with van der Waals surface area (Å²) in [7, 11) is 0. The molecule has 0 nitrogen and oxygen atoms in total. The lowest BCUT2D eigenvalue weighted by Gasteiger charge is -2.13. The Morgan fingerprint density at radius 1 is 0.294 bits per heavy atom. The second kappa shape index (κ2) is 16.6.